The standard InChI is InChI=1S/C12H16O3/c1-15-12(14)8-7-11(9-13)10-5-3-2-4-6-10/h2-6,11,13H,7-9H2,1H3. The summed E-state index contributed by atoms with van der Waals surface area (Å²) < 4.78 is 4.56. The van der Waals surface area contributed by atoms with E-state index in [0.29, 0.717) is 12.8 Å². The third-order valence-corrected chi connectivity index (χ3v) is 2.42. The van der Waals surface area contributed by atoms with Gasteiger partial charge in [0.1, 0.15) is 0 Å². The van der Waals surface area contributed by atoms with Gasteiger partial charge in [-0.05, 0) is 12.0 Å². The van der Waals surface area contributed by atoms with E-state index in [0.717, 1.165) is 5.56 Å². The molecular weight excluding hydrogens is 192 g/mol. The lowest BCUT2D eigenvalue weighted by Crippen LogP contribution is -2.08. The van der Waals surface area contributed by atoms with Gasteiger partial charge in [0.05, 0.1) is 7.11 Å². The molecule has 0 amide bonds. The number of methoxy groups -OCH3 is 1. The summed E-state index contributed by atoms with van der Waals surface area (Å²) in [5.41, 5.74) is 1.06. The molecule has 1 aromatic carbocycles. The number of carbonyl (C=O) groups excluding carboxylic acids is 1. The summed E-state index contributed by atoms with van der Waals surface area (Å²) in [6, 6.07) is 9.70. The highest BCUT2D eigenvalue weighted by molar-refractivity contribution is 5.69. The summed E-state index contributed by atoms with van der Waals surface area (Å²) in [7, 11) is 1.37. The summed E-state index contributed by atoms with van der Waals surface area (Å²) in [4.78, 5) is 11.0. The van der Waals surface area contributed by atoms with E-state index in [1.54, 1.807) is 0 Å². The van der Waals surface area contributed by atoms with E-state index in [9.17, 15) is 9.90 Å². The van der Waals surface area contributed by atoms with Crippen LogP contribution in [-0.4, -0.2) is 24.8 Å². The van der Waals surface area contributed by atoms with E-state index in [4.69, 9.17) is 0 Å². The van der Waals surface area contributed by atoms with Gasteiger partial charge in [-0.2, -0.15) is 0 Å². The van der Waals surface area contributed by atoms with Crippen LogP contribution in [0.25, 0.3) is 0 Å². The summed E-state index contributed by atoms with van der Waals surface area (Å²) in [5, 5.41) is 9.21. The van der Waals surface area contributed by atoms with E-state index in [1.165, 1.54) is 7.11 Å². The molecule has 0 aromatic heterocycles. The Balaban J connectivity index is 2.53. The van der Waals surface area contributed by atoms with Crippen LogP contribution in [0, 0.1) is 0 Å². The van der Waals surface area contributed by atoms with Gasteiger partial charge in [0, 0.05) is 18.9 Å². The molecular formula is C12H16O3. The number of ether oxygens (including phenoxy) is 1. The Morgan fingerprint density at radius 2 is 2.07 bits per heavy atom. The van der Waals surface area contributed by atoms with Gasteiger partial charge >= 0.3 is 5.97 Å². The van der Waals surface area contributed by atoms with E-state index in [2.05, 4.69) is 4.74 Å². The Morgan fingerprint density at radius 1 is 1.40 bits per heavy atom. The van der Waals surface area contributed by atoms with Crippen molar-refractivity contribution in [3.8, 4) is 0 Å². The van der Waals surface area contributed by atoms with Crippen molar-refractivity contribution in [3.05, 3.63) is 35.9 Å². The zero-order valence-electron chi connectivity index (χ0n) is 8.85. The zero-order valence-corrected chi connectivity index (χ0v) is 8.85. The van der Waals surface area contributed by atoms with E-state index < -0.39 is 0 Å². The largest absolute Gasteiger partial charge is 0.469 e. The van der Waals surface area contributed by atoms with E-state index in [-0.39, 0.29) is 18.5 Å². The SMILES string of the molecule is COC(=O)CCC(CO)c1ccccc1. The molecule has 1 rings (SSSR count). The van der Waals surface area contributed by atoms with Crippen LogP contribution in [0.4, 0.5) is 0 Å². The number of rotatable bonds is 5. The molecule has 1 atom stereocenters. The van der Waals surface area contributed by atoms with Gasteiger partial charge in [0.2, 0.25) is 0 Å². The first-order valence-electron chi connectivity index (χ1n) is 5.00. The van der Waals surface area contributed by atoms with Crippen molar-refractivity contribution in [1.29, 1.82) is 0 Å². The van der Waals surface area contributed by atoms with Gasteiger partial charge in [0.25, 0.3) is 0 Å². The Labute approximate surface area is 89.7 Å². The Morgan fingerprint density at radius 3 is 2.60 bits per heavy atom. The van der Waals surface area contributed by atoms with Crippen molar-refractivity contribution in [2.75, 3.05) is 13.7 Å². The minimum atomic E-state index is -0.232. The van der Waals surface area contributed by atoms with Gasteiger partial charge in [-0.3, -0.25) is 4.79 Å². The van der Waals surface area contributed by atoms with Crippen LogP contribution in [-0.2, 0) is 9.53 Å². The molecule has 3 heteroatoms. The highest BCUT2D eigenvalue weighted by Gasteiger charge is 2.12. The molecule has 0 aliphatic carbocycles. The van der Waals surface area contributed by atoms with Crippen molar-refractivity contribution >= 4 is 5.97 Å². The second-order valence-electron chi connectivity index (χ2n) is 3.40. The van der Waals surface area contributed by atoms with Crippen LogP contribution >= 0.6 is 0 Å². The average Bonchev–Trinajstić information content (AvgIpc) is 2.31. The van der Waals surface area contributed by atoms with Crippen LogP contribution in [0.1, 0.15) is 24.3 Å². The van der Waals surface area contributed by atoms with Crippen molar-refractivity contribution in [3.63, 3.8) is 0 Å². The highest BCUT2D eigenvalue weighted by atomic mass is 16.5. The normalized spacial score (nSPS) is 12.1. The van der Waals surface area contributed by atoms with Gasteiger partial charge in [-0.15, -0.1) is 0 Å². The van der Waals surface area contributed by atoms with Crippen LogP contribution in [0.3, 0.4) is 0 Å². The average molecular weight is 208 g/mol. The molecule has 15 heavy (non-hydrogen) atoms. The lowest BCUT2D eigenvalue weighted by molar-refractivity contribution is -0.140. The maximum absolute atomic E-state index is 11.0. The minimum absolute atomic E-state index is 0.0188. The zero-order chi connectivity index (χ0) is 11.1. The fraction of sp³-hybridized carbons (Fsp3) is 0.417. The molecule has 0 saturated carbocycles. The predicted octanol–water partition coefficient (Wildman–Crippen LogP) is 1.72. The molecule has 0 aliphatic rings. The highest BCUT2D eigenvalue weighted by Crippen LogP contribution is 2.20. The maximum atomic E-state index is 11.0. The van der Waals surface area contributed by atoms with E-state index in [1.807, 2.05) is 30.3 Å². The molecule has 0 bridgehead atoms. The second-order valence-corrected chi connectivity index (χ2v) is 3.40. The molecule has 1 N–H and O–H groups in total. The molecule has 0 spiro atoms. The molecule has 1 aromatic rings. The number of hydrogen-bond donors (Lipinski definition) is 1. The van der Waals surface area contributed by atoms with Gasteiger partial charge in [-0.1, -0.05) is 30.3 Å². The fourth-order valence-electron chi connectivity index (χ4n) is 1.48. The molecule has 82 valence electrons. The smallest absolute Gasteiger partial charge is 0.305 e. The maximum Gasteiger partial charge on any atom is 0.305 e. The summed E-state index contributed by atoms with van der Waals surface area (Å²) >= 11 is 0. The first-order chi connectivity index (χ1) is 7.27. The van der Waals surface area contributed by atoms with E-state index >= 15 is 0 Å². The number of esters is 1. The lowest BCUT2D eigenvalue weighted by Gasteiger charge is -2.13. The molecule has 0 radical (unpaired) electrons. The lowest BCUT2D eigenvalue weighted by atomic mass is 9.95. The Hall–Kier alpha value is -1.35. The Bertz CT molecular complexity index is 295. The van der Waals surface area contributed by atoms with Crippen molar-refractivity contribution < 1.29 is 14.6 Å². The summed E-state index contributed by atoms with van der Waals surface area (Å²) in [6.45, 7) is 0.0566. The quantitative estimate of drug-likeness (QED) is 0.749. The first-order valence-corrected chi connectivity index (χ1v) is 5.00. The Kier molecular flexibility index (Phi) is 4.84. The number of benzene rings is 1. The fourth-order valence-corrected chi connectivity index (χ4v) is 1.48. The topological polar surface area (TPSA) is 46.5 Å². The van der Waals surface area contributed by atoms with Crippen LogP contribution < -0.4 is 0 Å². The summed E-state index contributed by atoms with van der Waals surface area (Å²) in [5.74, 6) is -0.213. The monoisotopic (exact) mass is 208 g/mol. The third-order valence-electron chi connectivity index (χ3n) is 2.42. The predicted molar refractivity (Wildman–Crippen MR) is 57.5 cm³/mol. The second kappa shape index (κ2) is 6.19. The molecule has 0 fully saturated rings. The first kappa shape index (κ1) is 11.7. The number of hydrogen-bond acceptors (Lipinski definition) is 3. The molecule has 0 heterocycles. The molecule has 1 unspecified atom stereocenters. The summed E-state index contributed by atoms with van der Waals surface area (Å²) in [6.07, 6.45) is 0.962. The van der Waals surface area contributed by atoms with Crippen molar-refractivity contribution in [2.45, 2.75) is 18.8 Å². The van der Waals surface area contributed by atoms with Gasteiger partial charge < -0.3 is 9.84 Å². The van der Waals surface area contributed by atoms with Gasteiger partial charge in [-0.25, -0.2) is 0 Å². The van der Waals surface area contributed by atoms with Crippen LogP contribution in [0.5, 0.6) is 0 Å². The third kappa shape index (κ3) is 3.72. The molecule has 0 aliphatic heterocycles. The molecule has 0 saturated heterocycles. The minimum Gasteiger partial charge on any atom is -0.469 e. The number of carbonyl (C=O) groups is 1. The van der Waals surface area contributed by atoms with Crippen molar-refractivity contribution in [1.82, 2.24) is 0 Å². The van der Waals surface area contributed by atoms with Crippen LogP contribution in [0.2, 0.25) is 0 Å². The molecule has 3 nitrogen and oxygen atoms in total. The van der Waals surface area contributed by atoms with Crippen LogP contribution in [0.15, 0.2) is 30.3 Å². The van der Waals surface area contributed by atoms with Crippen molar-refractivity contribution in [2.24, 2.45) is 0 Å². The van der Waals surface area contributed by atoms with Gasteiger partial charge in [0.15, 0.2) is 0 Å². The number of aliphatic hydroxyl groups is 1. The number of aliphatic hydroxyl groups excluding tert-OH is 1.